The van der Waals surface area contributed by atoms with E-state index in [2.05, 4.69) is 4.98 Å². The quantitative estimate of drug-likeness (QED) is 0.434. The van der Waals surface area contributed by atoms with Crippen molar-refractivity contribution in [2.45, 2.75) is 24.5 Å². The minimum Gasteiger partial charge on any atom is -0.478 e. The number of nitrogens with zero attached hydrogens (tertiary/aromatic N) is 2. The summed E-state index contributed by atoms with van der Waals surface area (Å²) in [6, 6.07) is 13.0. The first-order chi connectivity index (χ1) is 14.1. The van der Waals surface area contributed by atoms with Crippen LogP contribution in [0.25, 0.3) is 0 Å². The average Bonchev–Trinajstić information content (AvgIpc) is 2.68. The Morgan fingerprint density at radius 1 is 1.13 bits per heavy atom. The van der Waals surface area contributed by atoms with Gasteiger partial charge in [-0.05, 0) is 72.5 Å². The van der Waals surface area contributed by atoms with Crippen LogP contribution in [0.3, 0.4) is 0 Å². The molecule has 0 atom stereocenters. The van der Waals surface area contributed by atoms with Crippen LogP contribution in [-0.2, 0) is 12.7 Å². The van der Waals surface area contributed by atoms with Crippen molar-refractivity contribution in [3.8, 4) is 0 Å². The lowest BCUT2D eigenvalue weighted by atomic mass is 10.1. The summed E-state index contributed by atoms with van der Waals surface area (Å²) in [5.41, 5.74) is 0.905. The zero-order valence-corrected chi connectivity index (χ0v) is 17.2. The first-order valence-corrected chi connectivity index (χ1v) is 9.86. The Morgan fingerprint density at radius 3 is 2.30 bits per heavy atom. The van der Waals surface area contributed by atoms with Crippen molar-refractivity contribution in [3.05, 3.63) is 88.1 Å². The first kappa shape index (κ1) is 22.0. The number of aromatic nitrogens is 1. The van der Waals surface area contributed by atoms with E-state index in [0.717, 1.165) is 22.6 Å². The second-order valence-electron chi connectivity index (χ2n) is 6.45. The maximum atomic E-state index is 12.8. The van der Waals surface area contributed by atoms with E-state index < -0.39 is 17.7 Å². The lowest BCUT2D eigenvalue weighted by Gasteiger charge is -2.24. The molecule has 0 aliphatic rings. The highest BCUT2D eigenvalue weighted by Crippen LogP contribution is 2.34. The van der Waals surface area contributed by atoms with Gasteiger partial charge in [-0.15, -0.1) is 0 Å². The van der Waals surface area contributed by atoms with Crippen LogP contribution in [0.5, 0.6) is 0 Å². The van der Waals surface area contributed by atoms with Gasteiger partial charge in [-0.25, -0.2) is 9.78 Å². The number of pyridine rings is 1. The van der Waals surface area contributed by atoms with Gasteiger partial charge < -0.3 is 5.11 Å². The second kappa shape index (κ2) is 8.97. The normalized spacial score (nSPS) is 11.4. The summed E-state index contributed by atoms with van der Waals surface area (Å²) in [5, 5.41) is 9.53. The summed E-state index contributed by atoms with van der Waals surface area (Å²) < 4.78 is 40.3. The molecule has 0 unspecified atom stereocenters. The first-order valence-electron chi connectivity index (χ1n) is 8.70. The van der Waals surface area contributed by atoms with Crippen LogP contribution < -0.4 is 4.31 Å². The highest BCUT2D eigenvalue weighted by Gasteiger charge is 2.30. The molecule has 1 N–H and O–H groups in total. The SMILES string of the molecule is Cc1cc(Cl)cnc1N(Cc1ccc(C(F)(F)F)cc1)Sc1ccc(C(=O)O)cc1. The van der Waals surface area contributed by atoms with Gasteiger partial charge in [-0.3, -0.25) is 4.31 Å². The standard InChI is InChI=1S/C21H16ClF3N2O2S/c1-13-10-17(22)11-26-19(13)27(30-18-8-4-15(5-9-18)20(28)29)12-14-2-6-16(7-3-14)21(23,24)25/h2-11H,12H2,1H3,(H,28,29). The van der Waals surface area contributed by atoms with Gasteiger partial charge in [0.1, 0.15) is 5.82 Å². The number of carboxylic acids is 1. The maximum Gasteiger partial charge on any atom is 0.416 e. The van der Waals surface area contributed by atoms with E-state index in [1.807, 2.05) is 11.2 Å². The van der Waals surface area contributed by atoms with Crippen molar-refractivity contribution in [2.75, 3.05) is 4.31 Å². The molecule has 1 heterocycles. The van der Waals surface area contributed by atoms with Gasteiger partial charge in [0, 0.05) is 11.1 Å². The summed E-state index contributed by atoms with van der Waals surface area (Å²) in [7, 11) is 0. The third-order valence-corrected chi connectivity index (χ3v) is 5.39. The van der Waals surface area contributed by atoms with Gasteiger partial charge in [0.25, 0.3) is 0 Å². The molecule has 156 valence electrons. The number of alkyl halides is 3. The van der Waals surface area contributed by atoms with Crippen LogP contribution in [0.15, 0.2) is 65.7 Å². The van der Waals surface area contributed by atoms with Gasteiger partial charge in [0.05, 0.1) is 22.7 Å². The van der Waals surface area contributed by atoms with Crippen molar-refractivity contribution in [1.29, 1.82) is 0 Å². The predicted octanol–water partition coefficient (Wildman–Crippen LogP) is 6.47. The smallest absolute Gasteiger partial charge is 0.416 e. The number of hydrogen-bond acceptors (Lipinski definition) is 4. The molecule has 0 aliphatic heterocycles. The molecule has 0 saturated carbocycles. The Morgan fingerprint density at radius 2 is 1.77 bits per heavy atom. The van der Waals surface area contributed by atoms with E-state index in [4.69, 9.17) is 16.7 Å². The Bertz CT molecular complexity index is 1040. The van der Waals surface area contributed by atoms with E-state index in [1.54, 1.807) is 18.2 Å². The molecular weight excluding hydrogens is 437 g/mol. The monoisotopic (exact) mass is 452 g/mol. The highest BCUT2D eigenvalue weighted by molar-refractivity contribution is 8.00. The number of carboxylic acid groups (broad SMARTS) is 1. The molecule has 0 amide bonds. The van der Waals surface area contributed by atoms with Gasteiger partial charge in [0.15, 0.2) is 0 Å². The number of hydrogen-bond donors (Lipinski definition) is 1. The summed E-state index contributed by atoms with van der Waals surface area (Å²) in [6.45, 7) is 2.11. The molecule has 4 nitrogen and oxygen atoms in total. The fraction of sp³-hybridized carbons (Fsp3) is 0.143. The Hall–Kier alpha value is -2.71. The van der Waals surface area contributed by atoms with Crippen molar-refractivity contribution in [3.63, 3.8) is 0 Å². The Balaban J connectivity index is 1.90. The third kappa shape index (κ3) is 5.46. The zero-order chi connectivity index (χ0) is 21.9. The number of anilines is 1. The topological polar surface area (TPSA) is 53.4 Å². The second-order valence-corrected chi connectivity index (χ2v) is 7.98. The van der Waals surface area contributed by atoms with Crippen molar-refractivity contribution in [1.82, 2.24) is 4.98 Å². The number of benzene rings is 2. The number of aromatic carboxylic acids is 1. The molecule has 3 aromatic rings. The van der Waals surface area contributed by atoms with E-state index in [9.17, 15) is 18.0 Å². The summed E-state index contributed by atoms with van der Waals surface area (Å²) in [4.78, 5) is 16.2. The van der Waals surface area contributed by atoms with E-state index in [0.29, 0.717) is 16.4 Å². The number of rotatable bonds is 6. The molecule has 0 saturated heterocycles. The molecule has 1 aromatic heterocycles. The number of aryl methyl sites for hydroxylation is 1. The molecule has 30 heavy (non-hydrogen) atoms. The largest absolute Gasteiger partial charge is 0.478 e. The maximum absolute atomic E-state index is 12.8. The molecule has 0 aliphatic carbocycles. The van der Waals surface area contributed by atoms with Crippen molar-refractivity contribution >= 4 is 35.3 Å². The van der Waals surface area contributed by atoms with Gasteiger partial charge in [-0.2, -0.15) is 13.2 Å². The molecule has 2 aromatic carbocycles. The predicted molar refractivity (Wildman–Crippen MR) is 111 cm³/mol. The average molecular weight is 453 g/mol. The molecule has 0 fully saturated rings. The highest BCUT2D eigenvalue weighted by atomic mass is 35.5. The van der Waals surface area contributed by atoms with Crippen LogP contribution in [0.4, 0.5) is 19.0 Å². The van der Waals surface area contributed by atoms with E-state index in [1.165, 1.54) is 42.4 Å². The molecule has 0 radical (unpaired) electrons. The summed E-state index contributed by atoms with van der Waals surface area (Å²) in [6.07, 6.45) is -2.90. The van der Waals surface area contributed by atoms with Crippen molar-refractivity contribution in [2.24, 2.45) is 0 Å². The van der Waals surface area contributed by atoms with Crippen molar-refractivity contribution < 1.29 is 23.1 Å². The molecule has 0 bridgehead atoms. The molecule has 0 spiro atoms. The summed E-state index contributed by atoms with van der Waals surface area (Å²) >= 11 is 7.30. The fourth-order valence-corrected chi connectivity index (χ4v) is 3.91. The third-order valence-electron chi connectivity index (χ3n) is 4.18. The minimum absolute atomic E-state index is 0.162. The van der Waals surface area contributed by atoms with Crippen LogP contribution in [0.1, 0.15) is 27.0 Å². The minimum atomic E-state index is -4.40. The zero-order valence-electron chi connectivity index (χ0n) is 15.7. The molecule has 3 rings (SSSR count). The summed E-state index contributed by atoms with van der Waals surface area (Å²) in [5.74, 6) is -0.421. The Labute approximate surface area is 180 Å². The van der Waals surface area contributed by atoms with Crippen LogP contribution in [0, 0.1) is 6.92 Å². The van der Waals surface area contributed by atoms with Gasteiger partial charge in [-0.1, -0.05) is 23.7 Å². The number of halogens is 4. The van der Waals surface area contributed by atoms with Crippen LogP contribution in [-0.4, -0.2) is 16.1 Å². The lowest BCUT2D eigenvalue weighted by molar-refractivity contribution is -0.137. The Kier molecular flexibility index (Phi) is 6.58. The molecule has 9 heteroatoms. The van der Waals surface area contributed by atoms with E-state index in [-0.39, 0.29) is 12.1 Å². The van der Waals surface area contributed by atoms with Gasteiger partial charge in [0.2, 0.25) is 0 Å². The fourth-order valence-electron chi connectivity index (χ4n) is 2.70. The van der Waals surface area contributed by atoms with E-state index >= 15 is 0 Å². The molecular formula is C21H16ClF3N2O2S. The number of carbonyl (C=O) groups is 1. The van der Waals surface area contributed by atoms with Gasteiger partial charge >= 0.3 is 12.1 Å². The lowest BCUT2D eigenvalue weighted by Crippen LogP contribution is -2.16. The van der Waals surface area contributed by atoms with Crippen LogP contribution >= 0.6 is 23.5 Å². The van der Waals surface area contributed by atoms with Crippen LogP contribution in [0.2, 0.25) is 5.02 Å².